The van der Waals surface area contributed by atoms with Crippen LogP contribution in [0.5, 0.6) is 11.5 Å². The lowest BCUT2D eigenvalue weighted by molar-refractivity contribution is 0.0908. The third-order valence-electron chi connectivity index (χ3n) is 6.40. The number of aromatic nitrogens is 2. The predicted molar refractivity (Wildman–Crippen MR) is 130 cm³/mol. The molecule has 0 radical (unpaired) electrons. The number of ether oxygens (including phenoxy) is 3. The molecule has 1 amide bonds. The number of allylic oxidation sites excluding steroid dienone is 1. The van der Waals surface area contributed by atoms with Gasteiger partial charge in [-0.25, -0.2) is 4.39 Å². The van der Waals surface area contributed by atoms with Crippen molar-refractivity contribution in [1.29, 1.82) is 0 Å². The van der Waals surface area contributed by atoms with Crippen LogP contribution in [0.25, 0.3) is 11.3 Å². The van der Waals surface area contributed by atoms with Crippen LogP contribution >= 0.6 is 0 Å². The van der Waals surface area contributed by atoms with Gasteiger partial charge >= 0.3 is 0 Å². The van der Waals surface area contributed by atoms with Crippen molar-refractivity contribution in [1.82, 2.24) is 15.3 Å². The SMILES string of the molecule is COc1c(F)cccc1Nc1c2[nH]c3c1C(=O)NC[C@@H]3C/C(C)=C/[C@H](OC)COc1cnccc1-2. The lowest BCUT2D eigenvalue weighted by Crippen LogP contribution is -2.35. The molecule has 0 aliphatic carbocycles. The number of para-hydroxylation sites is 1. The Kier molecular flexibility index (Phi) is 6.17. The maximum Gasteiger partial charge on any atom is 0.255 e. The van der Waals surface area contributed by atoms with Crippen molar-refractivity contribution in [2.45, 2.75) is 25.4 Å². The van der Waals surface area contributed by atoms with E-state index in [-0.39, 0.29) is 23.7 Å². The highest BCUT2D eigenvalue weighted by Crippen LogP contribution is 2.44. The van der Waals surface area contributed by atoms with E-state index in [9.17, 15) is 9.18 Å². The van der Waals surface area contributed by atoms with Crippen molar-refractivity contribution in [3.63, 3.8) is 0 Å². The minimum absolute atomic E-state index is 0.0193. The number of benzene rings is 1. The van der Waals surface area contributed by atoms with E-state index in [0.717, 1.165) is 23.3 Å². The Bertz CT molecular complexity index is 1300. The molecule has 0 saturated heterocycles. The van der Waals surface area contributed by atoms with E-state index in [1.54, 1.807) is 31.6 Å². The van der Waals surface area contributed by atoms with Crippen LogP contribution in [0.1, 0.15) is 35.3 Å². The lowest BCUT2D eigenvalue weighted by Gasteiger charge is -2.24. The number of H-pyrrole nitrogens is 1. The number of nitrogens with one attached hydrogen (secondary N) is 3. The topological polar surface area (TPSA) is 97.5 Å². The minimum atomic E-state index is -0.504. The summed E-state index contributed by atoms with van der Waals surface area (Å²) in [5.41, 5.74) is 4.71. The van der Waals surface area contributed by atoms with Crippen molar-refractivity contribution in [2.75, 3.05) is 32.7 Å². The minimum Gasteiger partial charge on any atom is -0.492 e. The molecule has 3 N–H and O–H groups in total. The van der Waals surface area contributed by atoms with Gasteiger partial charge in [-0.1, -0.05) is 17.7 Å². The summed E-state index contributed by atoms with van der Waals surface area (Å²) in [6.07, 6.45) is 5.83. The second-order valence-electron chi connectivity index (χ2n) is 8.69. The van der Waals surface area contributed by atoms with Gasteiger partial charge < -0.3 is 29.8 Å². The van der Waals surface area contributed by atoms with Crippen LogP contribution in [0.15, 0.2) is 48.3 Å². The summed E-state index contributed by atoms with van der Waals surface area (Å²) in [5, 5.41) is 6.29. The standard InChI is InChI=1S/C26H27FN4O4/c1-14-9-15-11-29-26(32)21-22(15)31-23(24(21)30-19-6-4-5-18(27)25(19)34-3)17-7-8-28-12-20(17)35-13-16(10-14)33-2/h4-8,10,12,15-16,30-31H,9,11,13H2,1-3H3,(H,29,32)/b14-10+/t15-,16-/m0/s1. The lowest BCUT2D eigenvalue weighted by atomic mass is 9.90. The van der Waals surface area contributed by atoms with Gasteiger partial charge in [0.1, 0.15) is 18.5 Å². The molecule has 5 rings (SSSR count). The molecule has 2 aliphatic heterocycles. The Morgan fingerprint density at radius 3 is 2.91 bits per heavy atom. The van der Waals surface area contributed by atoms with Gasteiger partial charge in [0.2, 0.25) is 0 Å². The van der Waals surface area contributed by atoms with Gasteiger partial charge in [-0.2, -0.15) is 0 Å². The molecular weight excluding hydrogens is 451 g/mol. The summed E-state index contributed by atoms with van der Waals surface area (Å²) in [6.45, 7) is 2.84. The summed E-state index contributed by atoms with van der Waals surface area (Å²) < 4.78 is 31.5. The normalized spacial score (nSPS) is 20.8. The number of methoxy groups -OCH3 is 2. The molecule has 8 nitrogen and oxygen atoms in total. The number of amides is 1. The largest absolute Gasteiger partial charge is 0.492 e. The molecule has 2 bridgehead atoms. The van der Waals surface area contributed by atoms with Gasteiger partial charge in [0, 0.05) is 37.0 Å². The second-order valence-corrected chi connectivity index (χ2v) is 8.69. The zero-order valence-electron chi connectivity index (χ0n) is 19.8. The Hall–Kier alpha value is -3.85. The summed E-state index contributed by atoms with van der Waals surface area (Å²) in [6, 6.07) is 6.44. The maximum absolute atomic E-state index is 14.5. The van der Waals surface area contributed by atoms with Crippen LogP contribution in [-0.2, 0) is 4.74 Å². The molecule has 2 aromatic heterocycles. The number of hydrogen-bond donors (Lipinski definition) is 3. The Morgan fingerprint density at radius 2 is 2.11 bits per heavy atom. The molecule has 0 saturated carbocycles. The number of carbonyl (C=O) groups is 1. The summed E-state index contributed by atoms with van der Waals surface area (Å²) in [5.74, 6) is -0.0980. The number of fused-ring (bicyclic) bond motifs is 3. The van der Waals surface area contributed by atoms with E-state index >= 15 is 0 Å². The first-order valence-electron chi connectivity index (χ1n) is 11.4. The average Bonchev–Trinajstić information content (AvgIpc) is 3.23. The second kappa shape index (κ2) is 9.42. The van der Waals surface area contributed by atoms with Crippen molar-refractivity contribution in [2.24, 2.45) is 0 Å². The summed E-state index contributed by atoms with van der Waals surface area (Å²) >= 11 is 0. The number of aromatic amines is 1. The van der Waals surface area contributed by atoms with E-state index in [4.69, 9.17) is 14.2 Å². The molecule has 2 aliphatic rings. The first-order chi connectivity index (χ1) is 17.0. The zero-order chi connectivity index (χ0) is 24.5. The molecule has 4 heterocycles. The van der Waals surface area contributed by atoms with Crippen LogP contribution in [0.3, 0.4) is 0 Å². The average molecular weight is 479 g/mol. The number of hydrogen-bond acceptors (Lipinski definition) is 6. The first kappa shape index (κ1) is 22.9. The molecule has 2 atom stereocenters. The highest BCUT2D eigenvalue weighted by molar-refractivity contribution is 6.07. The molecule has 0 spiro atoms. The van der Waals surface area contributed by atoms with E-state index in [2.05, 4.69) is 20.6 Å². The highest BCUT2D eigenvalue weighted by atomic mass is 19.1. The van der Waals surface area contributed by atoms with Gasteiger partial charge in [-0.05, 0) is 31.5 Å². The number of halogens is 1. The molecule has 182 valence electrons. The van der Waals surface area contributed by atoms with Gasteiger partial charge in [0.15, 0.2) is 11.6 Å². The van der Waals surface area contributed by atoms with Crippen molar-refractivity contribution in [3.8, 4) is 22.8 Å². The molecular formula is C26H27FN4O4. The number of anilines is 2. The monoisotopic (exact) mass is 478 g/mol. The molecule has 35 heavy (non-hydrogen) atoms. The summed E-state index contributed by atoms with van der Waals surface area (Å²) in [7, 11) is 3.06. The van der Waals surface area contributed by atoms with Gasteiger partial charge in [-0.15, -0.1) is 0 Å². The van der Waals surface area contributed by atoms with Gasteiger partial charge in [0.05, 0.1) is 35.9 Å². The predicted octanol–water partition coefficient (Wildman–Crippen LogP) is 4.54. The van der Waals surface area contributed by atoms with E-state index in [1.165, 1.54) is 13.2 Å². The zero-order valence-corrected chi connectivity index (χ0v) is 19.8. The first-order valence-corrected chi connectivity index (χ1v) is 11.4. The van der Waals surface area contributed by atoms with Crippen LogP contribution in [-0.4, -0.2) is 49.4 Å². The van der Waals surface area contributed by atoms with Crippen LogP contribution in [0, 0.1) is 5.82 Å². The molecule has 3 aromatic rings. The van der Waals surface area contributed by atoms with Crippen LogP contribution in [0.4, 0.5) is 15.8 Å². The van der Waals surface area contributed by atoms with E-state index < -0.39 is 5.82 Å². The number of nitrogens with zero attached hydrogens (tertiary/aromatic N) is 1. The number of pyridine rings is 1. The smallest absolute Gasteiger partial charge is 0.255 e. The maximum atomic E-state index is 14.5. The van der Waals surface area contributed by atoms with E-state index in [0.29, 0.717) is 41.5 Å². The molecule has 1 aromatic carbocycles. The van der Waals surface area contributed by atoms with Gasteiger partial charge in [0.25, 0.3) is 5.91 Å². The van der Waals surface area contributed by atoms with Crippen molar-refractivity contribution in [3.05, 3.63) is 65.4 Å². The summed E-state index contributed by atoms with van der Waals surface area (Å²) in [4.78, 5) is 20.9. The van der Waals surface area contributed by atoms with Crippen molar-refractivity contribution >= 4 is 17.3 Å². The Morgan fingerprint density at radius 1 is 1.26 bits per heavy atom. The highest BCUT2D eigenvalue weighted by Gasteiger charge is 2.34. The molecule has 9 heteroatoms. The molecule has 0 unspecified atom stereocenters. The quantitative estimate of drug-likeness (QED) is 0.477. The fourth-order valence-electron chi connectivity index (χ4n) is 4.75. The fourth-order valence-corrected chi connectivity index (χ4v) is 4.75. The molecule has 0 fully saturated rings. The Labute approximate surface area is 202 Å². The fraction of sp³-hybridized carbons (Fsp3) is 0.308. The Balaban J connectivity index is 1.73. The third kappa shape index (κ3) is 4.23. The number of carbonyl (C=O) groups excluding carboxylic acids is 1. The van der Waals surface area contributed by atoms with Crippen LogP contribution < -0.4 is 20.1 Å². The van der Waals surface area contributed by atoms with E-state index in [1.807, 2.05) is 19.1 Å². The van der Waals surface area contributed by atoms with Gasteiger partial charge in [-0.3, -0.25) is 9.78 Å². The third-order valence-corrected chi connectivity index (χ3v) is 6.40. The van der Waals surface area contributed by atoms with Crippen LogP contribution in [0.2, 0.25) is 0 Å². The number of rotatable bonds is 4. The van der Waals surface area contributed by atoms with Crippen molar-refractivity contribution < 1.29 is 23.4 Å².